The first-order valence-corrected chi connectivity index (χ1v) is 6.74. The van der Waals surface area contributed by atoms with Crippen LogP contribution >= 0.6 is 0 Å². The Morgan fingerprint density at radius 2 is 2.21 bits per heavy atom. The van der Waals surface area contributed by atoms with E-state index in [0.29, 0.717) is 12.5 Å². The van der Waals surface area contributed by atoms with Gasteiger partial charge in [-0.25, -0.2) is 0 Å². The van der Waals surface area contributed by atoms with Gasteiger partial charge in [0.05, 0.1) is 0 Å². The summed E-state index contributed by atoms with van der Waals surface area (Å²) in [5.41, 5.74) is 8.72. The van der Waals surface area contributed by atoms with E-state index in [4.69, 9.17) is 5.73 Å². The number of rotatable bonds is 1. The number of nitrogens with one attached hydrogen (secondary N) is 1. The number of carbonyl (C=O) groups excluding carboxylic acids is 1. The van der Waals surface area contributed by atoms with E-state index in [1.165, 1.54) is 10.9 Å². The summed E-state index contributed by atoms with van der Waals surface area (Å²) in [6, 6.07) is 8.30. The number of benzene rings is 1. The summed E-state index contributed by atoms with van der Waals surface area (Å²) in [5.74, 6) is 0.444. The summed E-state index contributed by atoms with van der Waals surface area (Å²) in [6.45, 7) is 3.06. The van der Waals surface area contributed by atoms with Crippen LogP contribution in [0.4, 0.5) is 0 Å². The molecule has 3 N–H and O–H groups in total. The standard InChI is InChI=1S/C15H19N3O/c1-10(19)18-7-6-11(14(16)9-18)13-8-17-15-5-3-2-4-12(13)15/h2-5,8,11,14,17H,6-7,9,16H2,1H3. The fourth-order valence-corrected chi connectivity index (χ4v) is 3.05. The first-order valence-electron chi connectivity index (χ1n) is 6.74. The Kier molecular flexibility index (Phi) is 3.03. The molecule has 1 saturated heterocycles. The molecule has 2 heterocycles. The number of aromatic amines is 1. The minimum Gasteiger partial charge on any atom is -0.361 e. The normalized spacial score (nSPS) is 23.8. The van der Waals surface area contributed by atoms with Crippen LogP contribution in [0.25, 0.3) is 10.9 Å². The highest BCUT2D eigenvalue weighted by Crippen LogP contribution is 2.32. The molecule has 0 saturated carbocycles. The van der Waals surface area contributed by atoms with Crippen LogP contribution in [-0.2, 0) is 4.79 Å². The molecule has 1 aromatic carbocycles. The number of aromatic nitrogens is 1. The quantitative estimate of drug-likeness (QED) is 0.818. The van der Waals surface area contributed by atoms with Gasteiger partial charge < -0.3 is 15.6 Å². The van der Waals surface area contributed by atoms with Crippen molar-refractivity contribution in [1.82, 2.24) is 9.88 Å². The van der Waals surface area contributed by atoms with Crippen molar-refractivity contribution in [3.8, 4) is 0 Å². The van der Waals surface area contributed by atoms with Crippen LogP contribution in [-0.4, -0.2) is 34.9 Å². The van der Waals surface area contributed by atoms with E-state index in [0.717, 1.165) is 18.5 Å². The number of para-hydroxylation sites is 1. The summed E-state index contributed by atoms with van der Waals surface area (Å²) < 4.78 is 0. The first-order chi connectivity index (χ1) is 9.16. The van der Waals surface area contributed by atoms with Crippen LogP contribution in [0.15, 0.2) is 30.5 Å². The number of nitrogens with two attached hydrogens (primary N) is 1. The van der Waals surface area contributed by atoms with Gasteiger partial charge in [-0.3, -0.25) is 4.79 Å². The van der Waals surface area contributed by atoms with Gasteiger partial charge in [0.2, 0.25) is 5.91 Å². The van der Waals surface area contributed by atoms with E-state index in [1.54, 1.807) is 6.92 Å². The Hall–Kier alpha value is -1.81. The third-order valence-corrected chi connectivity index (χ3v) is 4.12. The zero-order valence-electron chi connectivity index (χ0n) is 11.1. The topological polar surface area (TPSA) is 62.1 Å². The average Bonchev–Trinajstić information content (AvgIpc) is 2.82. The lowest BCUT2D eigenvalue weighted by Crippen LogP contribution is -2.48. The molecule has 2 aromatic rings. The number of hydrogen-bond donors (Lipinski definition) is 2. The summed E-state index contributed by atoms with van der Waals surface area (Å²) in [5, 5.41) is 1.25. The molecular weight excluding hydrogens is 238 g/mol. The van der Waals surface area contributed by atoms with Crippen molar-refractivity contribution >= 4 is 16.8 Å². The van der Waals surface area contributed by atoms with E-state index in [2.05, 4.69) is 29.4 Å². The van der Waals surface area contributed by atoms with Crippen LogP contribution in [0.1, 0.15) is 24.8 Å². The number of likely N-dealkylation sites (tertiary alicyclic amines) is 1. The molecule has 100 valence electrons. The van der Waals surface area contributed by atoms with E-state index in [-0.39, 0.29) is 11.9 Å². The zero-order valence-corrected chi connectivity index (χ0v) is 11.1. The highest BCUT2D eigenvalue weighted by atomic mass is 16.2. The zero-order chi connectivity index (χ0) is 13.4. The van der Waals surface area contributed by atoms with Crippen molar-refractivity contribution in [3.05, 3.63) is 36.0 Å². The fourth-order valence-electron chi connectivity index (χ4n) is 3.05. The number of fused-ring (bicyclic) bond motifs is 1. The third-order valence-electron chi connectivity index (χ3n) is 4.12. The highest BCUT2D eigenvalue weighted by molar-refractivity contribution is 5.83. The van der Waals surface area contributed by atoms with Crippen molar-refractivity contribution in [2.75, 3.05) is 13.1 Å². The van der Waals surface area contributed by atoms with Gasteiger partial charge in [-0.05, 0) is 18.1 Å². The lowest BCUT2D eigenvalue weighted by molar-refractivity contribution is -0.130. The van der Waals surface area contributed by atoms with Crippen molar-refractivity contribution in [1.29, 1.82) is 0 Å². The van der Waals surface area contributed by atoms with Crippen LogP contribution in [0.3, 0.4) is 0 Å². The third kappa shape index (κ3) is 2.12. The second-order valence-electron chi connectivity index (χ2n) is 5.31. The Balaban J connectivity index is 1.89. The summed E-state index contributed by atoms with van der Waals surface area (Å²) in [7, 11) is 0. The molecule has 4 nitrogen and oxygen atoms in total. The van der Waals surface area contributed by atoms with E-state index < -0.39 is 0 Å². The van der Waals surface area contributed by atoms with Gasteiger partial charge in [0, 0.05) is 49.1 Å². The van der Waals surface area contributed by atoms with E-state index in [1.807, 2.05) is 11.0 Å². The molecular formula is C15H19N3O. The van der Waals surface area contributed by atoms with Crippen molar-refractivity contribution in [3.63, 3.8) is 0 Å². The second kappa shape index (κ2) is 4.70. The Morgan fingerprint density at radius 3 is 2.95 bits per heavy atom. The highest BCUT2D eigenvalue weighted by Gasteiger charge is 2.30. The maximum atomic E-state index is 11.4. The average molecular weight is 257 g/mol. The van der Waals surface area contributed by atoms with Gasteiger partial charge in [-0.15, -0.1) is 0 Å². The molecule has 1 fully saturated rings. The molecule has 4 heteroatoms. The van der Waals surface area contributed by atoms with Gasteiger partial charge in [-0.2, -0.15) is 0 Å². The van der Waals surface area contributed by atoms with Crippen molar-refractivity contribution < 1.29 is 4.79 Å². The Labute approximate surface area is 112 Å². The summed E-state index contributed by atoms with van der Waals surface area (Å²) in [4.78, 5) is 16.6. The fraction of sp³-hybridized carbons (Fsp3) is 0.400. The largest absolute Gasteiger partial charge is 0.361 e. The van der Waals surface area contributed by atoms with E-state index in [9.17, 15) is 4.79 Å². The van der Waals surface area contributed by atoms with Gasteiger partial charge in [0.25, 0.3) is 0 Å². The lowest BCUT2D eigenvalue weighted by Gasteiger charge is -2.36. The van der Waals surface area contributed by atoms with Gasteiger partial charge in [-0.1, -0.05) is 18.2 Å². The number of piperidine rings is 1. The first kappa shape index (κ1) is 12.2. The summed E-state index contributed by atoms with van der Waals surface area (Å²) in [6.07, 6.45) is 3.00. The van der Waals surface area contributed by atoms with Crippen LogP contribution in [0.2, 0.25) is 0 Å². The molecule has 1 aromatic heterocycles. The number of nitrogens with zero attached hydrogens (tertiary/aromatic N) is 1. The number of H-pyrrole nitrogens is 1. The minimum atomic E-state index is 0.0110. The molecule has 19 heavy (non-hydrogen) atoms. The Bertz CT molecular complexity index is 604. The second-order valence-corrected chi connectivity index (χ2v) is 5.31. The number of carbonyl (C=O) groups is 1. The Morgan fingerprint density at radius 1 is 1.42 bits per heavy atom. The molecule has 1 aliphatic heterocycles. The SMILES string of the molecule is CC(=O)N1CCC(c2c[nH]c3ccccc23)C(N)C1. The monoisotopic (exact) mass is 257 g/mol. The number of hydrogen-bond acceptors (Lipinski definition) is 2. The molecule has 2 unspecified atom stereocenters. The lowest BCUT2D eigenvalue weighted by atomic mass is 9.85. The van der Waals surface area contributed by atoms with Crippen molar-refractivity contribution in [2.24, 2.45) is 5.73 Å². The maximum absolute atomic E-state index is 11.4. The molecule has 1 amide bonds. The molecule has 0 radical (unpaired) electrons. The molecule has 0 bridgehead atoms. The van der Waals surface area contributed by atoms with Gasteiger partial charge in [0.1, 0.15) is 0 Å². The molecule has 3 rings (SSSR count). The van der Waals surface area contributed by atoms with Crippen LogP contribution in [0, 0.1) is 0 Å². The predicted molar refractivity (Wildman–Crippen MR) is 75.9 cm³/mol. The smallest absolute Gasteiger partial charge is 0.219 e. The minimum absolute atomic E-state index is 0.0110. The van der Waals surface area contributed by atoms with Gasteiger partial charge in [0.15, 0.2) is 0 Å². The molecule has 0 spiro atoms. The van der Waals surface area contributed by atoms with Crippen LogP contribution in [0.5, 0.6) is 0 Å². The summed E-state index contributed by atoms with van der Waals surface area (Å²) >= 11 is 0. The molecule has 1 aliphatic rings. The van der Waals surface area contributed by atoms with Crippen LogP contribution < -0.4 is 5.73 Å². The number of amides is 1. The van der Waals surface area contributed by atoms with E-state index >= 15 is 0 Å². The van der Waals surface area contributed by atoms with Gasteiger partial charge >= 0.3 is 0 Å². The predicted octanol–water partition coefficient (Wildman–Crippen LogP) is 1.83. The molecule has 2 atom stereocenters. The van der Waals surface area contributed by atoms with Crippen molar-refractivity contribution in [2.45, 2.75) is 25.3 Å². The molecule has 0 aliphatic carbocycles. The maximum Gasteiger partial charge on any atom is 0.219 e.